The van der Waals surface area contributed by atoms with Crippen LogP contribution >= 0.6 is 0 Å². The molecule has 0 unspecified atom stereocenters. The van der Waals surface area contributed by atoms with Crippen LogP contribution in [0.2, 0.25) is 0 Å². The van der Waals surface area contributed by atoms with Crippen molar-refractivity contribution in [3.8, 4) is 46.2 Å². The molecule has 0 spiro atoms. The van der Waals surface area contributed by atoms with E-state index in [1.165, 1.54) is 0 Å². The topological polar surface area (TPSA) is 77.2 Å². The molecular weight excluding hydrogens is 723 g/mol. The molecule has 0 saturated carbocycles. The lowest BCUT2D eigenvalue weighted by molar-refractivity contribution is 0.892. The van der Waals surface area contributed by atoms with Crippen LogP contribution in [0.1, 0.15) is 5.56 Å². The summed E-state index contributed by atoms with van der Waals surface area (Å²) in [6.45, 7) is 0. The Bertz CT molecular complexity index is 3460. The highest BCUT2D eigenvalue weighted by Crippen LogP contribution is 2.38. The Morgan fingerprint density at radius 1 is 0.339 bits per heavy atom. The highest BCUT2D eigenvalue weighted by Gasteiger charge is 2.22. The first-order chi connectivity index (χ1) is 29.2. The lowest BCUT2D eigenvalue weighted by Gasteiger charge is -2.14. The number of aromatic nitrogens is 6. The molecule has 0 amide bonds. The Balaban J connectivity index is 1.10. The maximum atomic E-state index is 10.9. The lowest BCUT2D eigenvalue weighted by Crippen LogP contribution is -2.10. The van der Waals surface area contributed by atoms with E-state index in [-0.39, 0.29) is 0 Å². The molecule has 8 aromatic carbocycles. The zero-order chi connectivity index (χ0) is 39.0. The van der Waals surface area contributed by atoms with Crippen molar-refractivity contribution in [2.75, 3.05) is 0 Å². The van der Waals surface area contributed by atoms with E-state index in [4.69, 9.17) is 15.0 Å². The van der Waals surface area contributed by atoms with Crippen molar-refractivity contribution in [1.82, 2.24) is 28.7 Å². The van der Waals surface area contributed by atoms with Crippen LogP contribution in [0, 0.1) is 11.3 Å². The molecule has 12 rings (SSSR count). The largest absolute Gasteiger partial charge is 0.308 e. The van der Waals surface area contributed by atoms with Crippen LogP contribution in [0.25, 0.3) is 106 Å². The summed E-state index contributed by atoms with van der Waals surface area (Å²) in [6, 6.07) is 67.3. The van der Waals surface area contributed by atoms with Gasteiger partial charge in [-0.05, 0) is 71.8 Å². The number of rotatable bonds is 5. The highest BCUT2D eigenvalue weighted by molar-refractivity contribution is 6.12. The van der Waals surface area contributed by atoms with E-state index in [0.717, 1.165) is 82.2 Å². The van der Waals surface area contributed by atoms with Gasteiger partial charge in [0.15, 0.2) is 5.82 Å². The first-order valence-corrected chi connectivity index (χ1v) is 19.6. The average Bonchev–Trinajstić information content (AvgIpc) is 3.94. The van der Waals surface area contributed by atoms with Crippen LogP contribution in [0.3, 0.4) is 0 Å². The number of hydrogen-bond acceptors (Lipinski definition) is 4. The molecular formula is C52H31N7. The Kier molecular flexibility index (Phi) is 7.16. The summed E-state index contributed by atoms with van der Waals surface area (Å²) in [5.41, 5.74) is 10.3. The molecule has 0 bridgehead atoms. The first-order valence-electron chi connectivity index (χ1n) is 19.6. The molecule has 59 heavy (non-hydrogen) atoms. The Hall–Kier alpha value is -8.34. The first kappa shape index (κ1) is 32.9. The third-order valence-corrected chi connectivity index (χ3v) is 11.6. The van der Waals surface area contributed by atoms with E-state index in [1.54, 1.807) is 0 Å². The Morgan fingerprint density at radius 2 is 0.763 bits per heavy atom. The van der Waals surface area contributed by atoms with Crippen molar-refractivity contribution >= 4 is 65.4 Å². The van der Waals surface area contributed by atoms with E-state index in [1.807, 2.05) is 54.6 Å². The van der Waals surface area contributed by atoms with Crippen LogP contribution in [-0.4, -0.2) is 28.7 Å². The molecule has 4 aromatic heterocycles. The van der Waals surface area contributed by atoms with Crippen LogP contribution in [0.5, 0.6) is 0 Å². The molecule has 0 aliphatic carbocycles. The molecule has 12 aromatic rings. The minimum absolute atomic E-state index is 0.464. The molecule has 0 aliphatic heterocycles. The van der Waals surface area contributed by atoms with E-state index < -0.39 is 0 Å². The average molecular weight is 754 g/mol. The van der Waals surface area contributed by atoms with Gasteiger partial charge >= 0.3 is 0 Å². The summed E-state index contributed by atoms with van der Waals surface area (Å²) in [6.07, 6.45) is 0. The maximum Gasteiger partial charge on any atom is 0.240 e. The highest BCUT2D eigenvalue weighted by atomic mass is 15.3. The zero-order valence-corrected chi connectivity index (χ0v) is 31.5. The molecule has 0 fully saturated rings. The van der Waals surface area contributed by atoms with Gasteiger partial charge in [-0.1, -0.05) is 127 Å². The van der Waals surface area contributed by atoms with Gasteiger partial charge < -0.3 is 4.57 Å². The molecule has 0 saturated heterocycles. The second-order valence-electron chi connectivity index (χ2n) is 14.8. The van der Waals surface area contributed by atoms with Crippen molar-refractivity contribution in [2.45, 2.75) is 0 Å². The second kappa shape index (κ2) is 12.8. The number of para-hydroxylation sites is 5. The molecule has 7 nitrogen and oxygen atoms in total. The molecule has 4 heterocycles. The van der Waals surface area contributed by atoms with Gasteiger partial charge in [0.25, 0.3) is 0 Å². The van der Waals surface area contributed by atoms with Gasteiger partial charge in [0, 0.05) is 37.9 Å². The number of nitriles is 1. The zero-order valence-electron chi connectivity index (χ0n) is 31.5. The van der Waals surface area contributed by atoms with Gasteiger partial charge in [0.2, 0.25) is 11.9 Å². The van der Waals surface area contributed by atoms with E-state index in [0.29, 0.717) is 28.8 Å². The number of fused-ring (bicyclic) bond motifs is 9. The lowest BCUT2D eigenvalue weighted by atomic mass is 10.0. The summed E-state index contributed by atoms with van der Waals surface area (Å²) in [7, 11) is 0. The SMILES string of the molecule is N#Cc1cc(-c2nc(-n3c4ccccc4c4ccccc43)nc(-n3c4ccccc4c4ccccc43)n2)ccc1-n1c2ccccc2c2cc(-c3ccccc3)ccc21. The summed E-state index contributed by atoms with van der Waals surface area (Å²) >= 11 is 0. The minimum Gasteiger partial charge on any atom is -0.308 e. The third-order valence-electron chi connectivity index (χ3n) is 11.6. The Labute approximate surface area is 337 Å². The van der Waals surface area contributed by atoms with Gasteiger partial charge in [-0.2, -0.15) is 20.2 Å². The monoisotopic (exact) mass is 753 g/mol. The van der Waals surface area contributed by atoms with E-state index in [9.17, 15) is 5.26 Å². The van der Waals surface area contributed by atoms with Crippen molar-refractivity contribution in [2.24, 2.45) is 0 Å². The fraction of sp³-hybridized carbons (Fsp3) is 0. The number of nitrogens with zero attached hydrogens (tertiary/aromatic N) is 7. The van der Waals surface area contributed by atoms with Crippen molar-refractivity contribution in [1.29, 1.82) is 5.26 Å². The molecule has 0 radical (unpaired) electrons. The number of benzene rings is 8. The van der Waals surface area contributed by atoms with Crippen molar-refractivity contribution in [3.63, 3.8) is 0 Å². The van der Waals surface area contributed by atoms with Gasteiger partial charge in [0.1, 0.15) is 6.07 Å². The Morgan fingerprint density at radius 3 is 1.27 bits per heavy atom. The predicted molar refractivity (Wildman–Crippen MR) is 238 cm³/mol. The van der Waals surface area contributed by atoms with E-state index >= 15 is 0 Å². The van der Waals surface area contributed by atoms with E-state index in [2.05, 4.69) is 153 Å². The fourth-order valence-corrected chi connectivity index (χ4v) is 8.96. The molecule has 274 valence electrons. The standard InChI is InChI=1S/C52H31N7/c53-32-36-30-35(27-28-43(36)57-44-21-9-8-20-41(44)42-31-34(26-29-49(42)57)33-14-2-1-3-15-33)50-54-51(58-45-22-10-4-16-37(45)38-17-5-11-23-46(38)58)56-52(55-50)59-47-24-12-6-18-39(47)40-19-7-13-25-48(40)59/h1-31H. The van der Waals surface area contributed by atoms with Crippen molar-refractivity contribution in [3.05, 3.63) is 194 Å². The molecule has 0 aliphatic rings. The quantitative estimate of drug-likeness (QED) is 0.175. The summed E-state index contributed by atoms with van der Waals surface area (Å²) in [5.74, 6) is 1.44. The van der Waals surface area contributed by atoms with Crippen LogP contribution in [0.15, 0.2) is 188 Å². The van der Waals surface area contributed by atoms with Gasteiger partial charge in [-0.25, -0.2) is 0 Å². The maximum absolute atomic E-state index is 10.9. The summed E-state index contributed by atoms with van der Waals surface area (Å²) in [4.78, 5) is 15.7. The summed E-state index contributed by atoms with van der Waals surface area (Å²) < 4.78 is 6.44. The predicted octanol–water partition coefficient (Wildman–Crippen LogP) is 12.4. The summed E-state index contributed by atoms with van der Waals surface area (Å²) in [5, 5.41) is 17.6. The van der Waals surface area contributed by atoms with Crippen LogP contribution in [0.4, 0.5) is 0 Å². The molecule has 0 atom stereocenters. The minimum atomic E-state index is 0.464. The smallest absolute Gasteiger partial charge is 0.240 e. The second-order valence-corrected chi connectivity index (χ2v) is 14.8. The normalized spacial score (nSPS) is 11.7. The molecule has 0 N–H and O–H groups in total. The van der Waals surface area contributed by atoms with Crippen molar-refractivity contribution < 1.29 is 0 Å². The third kappa shape index (κ3) is 4.97. The van der Waals surface area contributed by atoms with Gasteiger partial charge in [0.05, 0.1) is 44.4 Å². The number of hydrogen-bond donors (Lipinski definition) is 0. The van der Waals surface area contributed by atoms with Gasteiger partial charge in [-0.15, -0.1) is 0 Å². The molecule has 7 heteroatoms. The van der Waals surface area contributed by atoms with Crippen LogP contribution < -0.4 is 0 Å². The fourth-order valence-electron chi connectivity index (χ4n) is 8.96. The van der Waals surface area contributed by atoms with Crippen LogP contribution in [-0.2, 0) is 0 Å². The van der Waals surface area contributed by atoms with Gasteiger partial charge in [-0.3, -0.25) is 9.13 Å².